The van der Waals surface area contributed by atoms with Crippen LogP contribution in [-0.4, -0.2) is 12.6 Å². The maximum absolute atomic E-state index is 11.7. The minimum Gasteiger partial charge on any atom is -0.462 e. The van der Waals surface area contributed by atoms with E-state index in [1.807, 2.05) is 0 Å². The number of rotatable bonds is 5. The first kappa shape index (κ1) is 13.8. The average Bonchev–Trinajstić information content (AvgIpc) is 2.23. The van der Waals surface area contributed by atoms with Crippen LogP contribution in [0.2, 0.25) is 5.02 Å². The van der Waals surface area contributed by atoms with E-state index in [2.05, 4.69) is 13.8 Å². The second kappa shape index (κ2) is 6.50. The summed E-state index contributed by atoms with van der Waals surface area (Å²) in [6, 6.07) is 4.77. The van der Waals surface area contributed by atoms with Crippen LogP contribution in [0.1, 0.15) is 37.0 Å². The molecule has 0 atom stereocenters. The predicted molar refractivity (Wildman–Crippen MR) is 70.2 cm³/mol. The number of benzene rings is 1. The first-order valence-electron chi connectivity index (χ1n) is 5.73. The molecule has 0 aromatic heterocycles. The lowest BCUT2D eigenvalue weighted by atomic mass is 10.1. The van der Waals surface area contributed by atoms with Crippen LogP contribution in [0.3, 0.4) is 0 Å². The molecule has 0 bridgehead atoms. The number of esters is 1. The molecule has 1 aromatic rings. The number of hydrogen-bond acceptors (Lipinski definition) is 3. The van der Waals surface area contributed by atoms with E-state index >= 15 is 0 Å². The van der Waals surface area contributed by atoms with Crippen molar-refractivity contribution in [2.45, 2.75) is 26.7 Å². The van der Waals surface area contributed by atoms with Gasteiger partial charge in [0.05, 0.1) is 17.2 Å². The highest BCUT2D eigenvalue weighted by molar-refractivity contribution is 6.33. The zero-order valence-corrected chi connectivity index (χ0v) is 11.0. The molecule has 3 nitrogen and oxygen atoms in total. The maximum atomic E-state index is 11.7. The molecule has 0 fully saturated rings. The van der Waals surface area contributed by atoms with Gasteiger partial charge in [0, 0.05) is 5.69 Å². The molecule has 0 aliphatic rings. The van der Waals surface area contributed by atoms with Gasteiger partial charge in [-0.3, -0.25) is 0 Å². The van der Waals surface area contributed by atoms with Crippen molar-refractivity contribution in [3.63, 3.8) is 0 Å². The van der Waals surface area contributed by atoms with Crippen LogP contribution < -0.4 is 5.73 Å². The van der Waals surface area contributed by atoms with Crippen LogP contribution in [0.25, 0.3) is 0 Å². The molecule has 0 saturated carbocycles. The van der Waals surface area contributed by atoms with Crippen molar-refractivity contribution in [1.29, 1.82) is 0 Å². The summed E-state index contributed by atoms with van der Waals surface area (Å²) in [6.45, 7) is 4.70. The minimum absolute atomic E-state index is 0.332. The standard InChI is InChI=1S/C13H18ClNO2/c1-9(2)4-3-7-17-13(16)11-6-5-10(15)8-12(11)14/h5-6,8-9H,3-4,7,15H2,1-2H3. The fraction of sp³-hybridized carbons (Fsp3) is 0.462. The second-order valence-corrected chi connectivity index (χ2v) is 4.82. The molecule has 0 saturated heterocycles. The number of halogens is 1. The van der Waals surface area contributed by atoms with E-state index in [1.165, 1.54) is 0 Å². The average molecular weight is 256 g/mol. The molecule has 94 valence electrons. The second-order valence-electron chi connectivity index (χ2n) is 4.41. The van der Waals surface area contributed by atoms with Crippen molar-refractivity contribution in [2.75, 3.05) is 12.3 Å². The van der Waals surface area contributed by atoms with E-state index in [1.54, 1.807) is 18.2 Å². The summed E-state index contributed by atoms with van der Waals surface area (Å²) >= 11 is 5.91. The Balaban J connectivity index is 2.47. The topological polar surface area (TPSA) is 52.3 Å². The van der Waals surface area contributed by atoms with Crippen LogP contribution in [0.15, 0.2) is 18.2 Å². The Kier molecular flexibility index (Phi) is 5.29. The quantitative estimate of drug-likeness (QED) is 0.498. The Morgan fingerprint density at radius 3 is 2.76 bits per heavy atom. The summed E-state index contributed by atoms with van der Waals surface area (Å²) < 4.78 is 5.13. The highest BCUT2D eigenvalue weighted by Crippen LogP contribution is 2.20. The zero-order chi connectivity index (χ0) is 12.8. The number of anilines is 1. The van der Waals surface area contributed by atoms with E-state index < -0.39 is 5.97 Å². The molecule has 0 heterocycles. The SMILES string of the molecule is CC(C)CCCOC(=O)c1ccc(N)cc1Cl. The molecule has 0 aliphatic carbocycles. The molecule has 1 aromatic carbocycles. The largest absolute Gasteiger partial charge is 0.462 e. The van der Waals surface area contributed by atoms with Gasteiger partial charge in [0.2, 0.25) is 0 Å². The number of carbonyl (C=O) groups excluding carboxylic acids is 1. The Labute approximate surface area is 107 Å². The Morgan fingerprint density at radius 2 is 2.18 bits per heavy atom. The van der Waals surface area contributed by atoms with Gasteiger partial charge in [0.15, 0.2) is 0 Å². The lowest BCUT2D eigenvalue weighted by Crippen LogP contribution is -2.08. The van der Waals surface area contributed by atoms with Crippen molar-refractivity contribution in [3.8, 4) is 0 Å². The predicted octanol–water partition coefficient (Wildman–Crippen LogP) is 3.52. The molecular formula is C13H18ClNO2. The molecule has 1 rings (SSSR count). The summed E-state index contributed by atoms with van der Waals surface area (Å²) in [5, 5.41) is 0.332. The molecule has 0 amide bonds. The van der Waals surface area contributed by atoms with Crippen molar-refractivity contribution >= 4 is 23.3 Å². The van der Waals surface area contributed by atoms with Gasteiger partial charge in [-0.1, -0.05) is 25.4 Å². The number of ether oxygens (including phenoxy) is 1. The first-order valence-corrected chi connectivity index (χ1v) is 6.10. The van der Waals surface area contributed by atoms with E-state index in [9.17, 15) is 4.79 Å². The van der Waals surface area contributed by atoms with Gasteiger partial charge in [-0.25, -0.2) is 4.79 Å². The highest BCUT2D eigenvalue weighted by Gasteiger charge is 2.11. The third-order valence-corrected chi connectivity index (χ3v) is 2.68. The van der Waals surface area contributed by atoms with E-state index in [4.69, 9.17) is 22.1 Å². The van der Waals surface area contributed by atoms with Gasteiger partial charge in [-0.2, -0.15) is 0 Å². The van der Waals surface area contributed by atoms with Crippen LogP contribution in [0.5, 0.6) is 0 Å². The van der Waals surface area contributed by atoms with Gasteiger partial charge in [0.25, 0.3) is 0 Å². The monoisotopic (exact) mass is 255 g/mol. The summed E-state index contributed by atoms with van der Waals surface area (Å²) in [5.41, 5.74) is 6.45. The molecule has 2 N–H and O–H groups in total. The van der Waals surface area contributed by atoms with Gasteiger partial charge >= 0.3 is 5.97 Å². The molecule has 0 aliphatic heterocycles. The summed E-state index contributed by atoms with van der Waals surface area (Å²) in [6.07, 6.45) is 1.92. The van der Waals surface area contributed by atoms with E-state index in [0.717, 1.165) is 12.8 Å². The molecule has 0 radical (unpaired) electrons. The summed E-state index contributed by atoms with van der Waals surface area (Å²) in [4.78, 5) is 11.7. The van der Waals surface area contributed by atoms with Crippen molar-refractivity contribution in [1.82, 2.24) is 0 Å². The number of hydrogen-bond donors (Lipinski definition) is 1. The van der Waals surface area contributed by atoms with Gasteiger partial charge < -0.3 is 10.5 Å². The highest BCUT2D eigenvalue weighted by atomic mass is 35.5. The third kappa shape index (κ3) is 4.65. The van der Waals surface area contributed by atoms with Crippen LogP contribution in [0.4, 0.5) is 5.69 Å². The third-order valence-electron chi connectivity index (χ3n) is 2.37. The minimum atomic E-state index is -0.390. The maximum Gasteiger partial charge on any atom is 0.339 e. The van der Waals surface area contributed by atoms with Crippen molar-refractivity contribution < 1.29 is 9.53 Å². The molecule has 0 unspecified atom stereocenters. The molecule has 4 heteroatoms. The smallest absolute Gasteiger partial charge is 0.339 e. The zero-order valence-electron chi connectivity index (χ0n) is 10.2. The van der Waals surface area contributed by atoms with Crippen molar-refractivity contribution in [2.24, 2.45) is 5.92 Å². The summed E-state index contributed by atoms with van der Waals surface area (Å²) in [7, 11) is 0. The molecule has 0 spiro atoms. The van der Waals surface area contributed by atoms with Gasteiger partial charge in [-0.15, -0.1) is 0 Å². The Morgan fingerprint density at radius 1 is 1.47 bits per heavy atom. The number of nitrogen functional groups attached to an aromatic ring is 1. The molecular weight excluding hydrogens is 238 g/mol. The van der Waals surface area contributed by atoms with Crippen LogP contribution in [-0.2, 0) is 4.74 Å². The van der Waals surface area contributed by atoms with Crippen LogP contribution >= 0.6 is 11.6 Å². The Bertz CT molecular complexity index is 391. The number of carbonyl (C=O) groups is 1. The van der Waals surface area contributed by atoms with Crippen LogP contribution in [0, 0.1) is 5.92 Å². The fourth-order valence-corrected chi connectivity index (χ4v) is 1.70. The summed E-state index contributed by atoms with van der Waals surface area (Å²) in [5.74, 6) is 0.229. The van der Waals surface area contributed by atoms with E-state index in [0.29, 0.717) is 28.8 Å². The van der Waals surface area contributed by atoms with Gasteiger partial charge in [0.1, 0.15) is 0 Å². The lowest BCUT2D eigenvalue weighted by Gasteiger charge is -2.07. The lowest BCUT2D eigenvalue weighted by molar-refractivity contribution is 0.0495. The normalized spacial score (nSPS) is 10.6. The van der Waals surface area contributed by atoms with Gasteiger partial charge in [-0.05, 0) is 37.0 Å². The van der Waals surface area contributed by atoms with Crippen molar-refractivity contribution in [3.05, 3.63) is 28.8 Å². The first-order chi connectivity index (χ1) is 8.00. The molecule has 17 heavy (non-hydrogen) atoms. The fourth-order valence-electron chi connectivity index (χ4n) is 1.43. The van der Waals surface area contributed by atoms with E-state index in [-0.39, 0.29) is 0 Å². The Hall–Kier alpha value is -1.22. The number of nitrogens with two attached hydrogens (primary N) is 1.